The van der Waals surface area contributed by atoms with E-state index in [9.17, 15) is 0 Å². The quantitative estimate of drug-likeness (QED) is 0.914. The van der Waals surface area contributed by atoms with E-state index in [-0.39, 0.29) is 12.4 Å². The van der Waals surface area contributed by atoms with Crippen LogP contribution in [0.3, 0.4) is 0 Å². The first-order chi connectivity index (χ1) is 7.69. The number of nitrogen functional groups attached to an aromatic ring is 1. The Morgan fingerprint density at radius 3 is 2.59 bits per heavy atom. The molecule has 92 valence electrons. The number of ether oxygens (including phenoxy) is 2. The van der Waals surface area contributed by atoms with E-state index >= 15 is 0 Å². The fraction of sp³-hybridized carbons (Fsp3) is 0.182. The van der Waals surface area contributed by atoms with Crippen molar-refractivity contribution in [2.75, 3.05) is 12.8 Å². The van der Waals surface area contributed by atoms with Gasteiger partial charge in [-0.1, -0.05) is 6.07 Å². The van der Waals surface area contributed by atoms with Crippen LogP contribution in [0.4, 0.5) is 5.69 Å². The molecule has 6 heteroatoms. The molecule has 1 aromatic carbocycles. The van der Waals surface area contributed by atoms with Crippen LogP contribution in [-0.2, 0) is 7.05 Å². The number of benzene rings is 1. The van der Waals surface area contributed by atoms with Crippen molar-refractivity contribution in [1.29, 1.82) is 0 Å². The molecule has 17 heavy (non-hydrogen) atoms. The lowest BCUT2D eigenvalue weighted by Crippen LogP contribution is -1.91. The number of aryl methyl sites for hydroxylation is 1. The minimum atomic E-state index is 0. The van der Waals surface area contributed by atoms with Crippen LogP contribution in [0.5, 0.6) is 17.4 Å². The van der Waals surface area contributed by atoms with Crippen molar-refractivity contribution in [2.45, 2.75) is 0 Å². The Balaban J connectivity index is 0.00000144. The summed E-state index contributed by atoms with van der Waals surface area (Å²) in [5, 5.41) is 4.09. The van der Waals surface area contributed by atoms with Gasteiger partial charge >= 0.3 is 0 Å². The highest BCUT2D eigenvalue weighted by atomic mass is 35.5. The third kappa shape index (κ3) is 3.04. The lowest BCUT2D eigenvalue weighted by Gasteiger charge is -2.04. The number of hydrogen-bond donors (Lipinski definition) is 1. The average Bonchev–Trinajstić information content (AvgIpc) is 2.58. The second-order valence-electron chi connectivity index (χ2n) is 3.34. The lowest BCUT2D eigenvalue weighted by molar-refractivity contribution is 0.407. The Morgan fingerprint density at radius 1 is 1.29 bits per heavy atom. The van der Waals surface area contributed by atoms with E-state index in [2.05, 4.69) is 5.10 Å². The molecule has 0 bridgehead atoms. The number of methoxy groups -OCH3 is 1. The Labute approximate surface area is 106 Å². The lowest BCUT2D eigenvalue weighted by atomic mass is 10.3. The van der Waals surface area contributed by atoms with Crippen LogP contribution >= 0.6 is 12.4 Å². The van der Waals surface area contributed by atoms with E-state index in [1.807, 2.05) is 18.2 Å². The normalized spacial score (nSPS) is 9.53. The molecular formula is C11H14ClN3O2. The zero-order chi connectivity index (χ0) is 11.5. The van der Waals surface area contributed by atoms with Crippen LogP contribution < -0.4 is 15.2 Å². The minimum absolute atomic E-state index is 0. The van der Waals surface area contributed by atoms with Gasteiger partial charge in [-0.2, -0.15) is 0 Å². The maximum atomic E-state index is 5.72. The van der Waals surface area contributed by atoms with Crippen molar-refractivity contribution >= 4 is 18.1 Å². The maximum Gasteiger partial charge on any atom is 0.261 e. The van der Waals surface area contributed by atoms with Crippen LogP contribution in [-0.4, -0.2) is 16.9 Å². The molecule has 2 aromatic rings. The molecule has 0 amide bonds. The molecule has 2 rings (SSSR count). The molecule has 0 unspecified atom stereocenters. The van der Waals surface area contributed by atoms with E-state index in [4.69, 9.17) is 15.2 Å². The van der Waals surface area contributed by atoms with Crippen molar-refractivity contribution < 1.29 is 9.47 Å². The Bertz CT molecular complexity index is 499. The van der Waals surface area contributed by atoms with Crippen molar-refractivity contribution in [1.82, 2.24) is 9.78 Å². The third-order valence-corrected chi connectivity index (χ3v) is 2.08. The van der Waals surface area contributed by atoms with Crippen molar-refractivity contribution in [3.63, 3.8) is 0 Å². The van der Waals surface area contributed by atoms with E-state index in [0.717, 1.165) is 5.75 Å². The summed E-state index contributed by atoms with van der Waals surface area (Å²) in [6.07, 6.45) is 1.69. The monoisotopic (exact) mass is 255 g/mol. The highest BCUT2D eigenvalue weighted by Gasteiger charge is 2.06. The molecule has 0 aliphatic rings. The van der Waals surface area contributed by atoms with Crippen LogP contribution in [0.15, 0.2) is 30.5 Å². The topological polar surface area (TPSA) is 62.3 Å². The molecule has 0 aliphatic carbocycles. The van der Waals surface area contributed by atoms with Gasteiger partial charge in [0, 0.05) is 13.1 Å². The second kappa shape index (κ2) is 5.45. The highest BCUT2D eigenvalue weighted by Crippen LogP contribution is 2.27. The molecule has 5 nitrogen and oxygen atoms in total. The number of rotatable bonds is 3. The number of nitrogens with two attached hydrogens (primary N) is 1. The first-order valence-corrected chi connectivity index (χ1v) is 4.80. The van der Waals surface area contributed by atoms with Crippen LogP contribution in [0.2, 0.25) is 0 Å². The number of aromatic nitrogens is 2. The van der Waals surface area contributed by atoms with Crippen molar-refractivity contribution in [2.24, 2.45) is 7.05 Å². The predicted molar refractivity (Wildman–Crippen MR) is 67.9 cm³/mol. The summed E-state index contributed by atoms with van der Waals surface area (Å²) >= 11 is 0. The zero-order valence-corrected chi connectivity index (χ0v) is 10.4. The molecule has 0 spiro atoms. The molecule has 0 saturated heterocycles. The van der Waals surface area contributed by atoms with Gasteiger partial charge in [0.15, 0.2) is 0 Å². The first kappa shape index (κ1) is 13.2. The molecule has 0 aliphatic heterocycles. The van der Waals surface area contributed by atoms with Crippen LogP contribution in [0.25, 0.3) is 0 Å². The summed E-state index contributed by atoms with van der Waals surface area (Å²) in [5.41, 5.74) is 6.23. The molecule has 0 saturated carbocycles. The van der Waals surface area contributed by atoms with Crippen LogP contribution in [0.1, 0.15) is 0 Å². The second-order valence-corrected chi connectivity index (χ2v) is 3.34. The van der Waals surface area contributed by atoms with E-state index in [1.165, 1.54) is 0 Å². The van der Waals surface area contributed by atoms with Gasteiger partial charge in [0.05, 0.1) is 13.3 Å². The SMILES string of the molecule is COc1cccc(Oc2nn(C)cc2N)c1.Cl. The summed E-state index contributed by atoms with van der Waals surface area (Å²) in [6.45, 7) is 0. The number of hydrogen-bond acceptors (Lipinski definition) is 4. The highest BCUT2D eigenvalue weighted by molar-refractivity contribution is 5.85. The summed E-state index contributed by atoms with van der Waals surface area (Å²) < 4.78 is 12.2. The third-order valence-electron chi connectivity index (χ3n) is 2.08. The minimum Gasteiger partial charge on any atom is -0.497 e. The molecular weight excluding hydrogens is 242 g/mol. The first-order valence-electron chi connectivity index (χ1n) is 4.80. The van der Waals surface area contributed by atoms with Gasteiger partial charge in [-0.25, -0.2) is 0 Å². The zero-order valence-electron chi connectivity index (χ0n) is 9.58. The average molecular weight is 256 g/mol. The van der Waals surface area contributed by atoms with Crippen molar-refractivity contribution in [3.8, 4) is 17.4 Å². The fourth-order valence-corrected chi connectivity index (χ4v) is 1.34. The summed E-state index contributed by atoms with van der Waals surface area (Å²) in [4.78, 5) is 0. The molecule has 2 N–H and O–H groups in total. The van der Waals surface area contributed by atoms with Gasteiger partial charge < -0.3 is 15.2 Å². The molecule has 0 atom stereocenters. The number of nitrogens with zero attached hydrogens (tertiary/aromatic N) is 2. The smallest absolute Gasteiger partial charge is 0.261 e. The summed E-state index contributed by atoms with van der Waals surface area (Å²) in [7, 11) is 3.39. The molecule has 0 fully saturated rings. The van der Waals surface area contributed by atoms with E-state index in [1.54, 1.807) is 31.1 Å². The Hall–Kier alpha value is -1.88. The van der Waals surface area contributed by atoms with Gasteiger partial charge in [0.2, 0.25) is 0 Å². The summed E-state index contributed by atoms with van der Waals surface area (Å²) in [5.74, 6) is 1.77. The van der Waals surface area contributed by atoms with Gasteiger partial charge in [-0.05, 0) is 12.1 Å². The van der Waals surface area contributed by atoms with Crippen LogP contribution in [0, 0.1) is 0 Å². The molecule has 1 heterocycles. The molecule has 0 radical (unpaired) electrons. The van der Waals surface area contributed by atoms with Gasteiger partial charge in [-0.3, -0.25) is 4.68 Å². The largest absolute Gasteiger partial charge is 0.497 e. The van der Waals surface area contributed by atoms with E-state index in [0.29, 0.717) is 17.3 Å². The van der Waals surface area contributed by atoms with E-state index < -0.39 is 0 Å². The number of halogens is 1. The van der Waals surface area contributed by atoms with Gasteiger partial charge in [0.1, 0.15) is 17.2 Å². The van der Waals surface area contributed by atoms with Crippen molar-refractivity contribution in [3.05, 3.63) is 30.5 Å². The standard InChI is InChI=1S/C11H13N3O2.ClH/c1-14-7-10(12)11(13-14)16-9-5-3-4-8(6-9)15-2;/h3-7H,12H2,1-2H3;1H. The van der Waals surface area contributed by atoms with Gasteiger partial charge in [0.25, 0.3) is 5.88 Å². The van der Waals surface area contributed by atoms with Gasteiger partial charge in [-0.15, -0.1) is 17.5 Å². The molecule has 1 aromatic heterocycles. The Morgan fingerprint density at radius 2 is 2.00 bits per heavy atom. The maximum absolute atomic E-state index is 5.72. The predicted octanol–water partition coefficient (Wildman–Crippen LogP) is 2.23. The summed E-state index contributed by atoms with van der Waals surface area (Å²) in [6, 6.07) is 7.27. The Kier molecular flexibility index (Phi) is 4.23. The number of anilines is 1. The fourth-order valence-electron chi connectivity index (χ4n) is 1.34.